The molecule has 5 heteroatoms. The van der Waals surface area contributed by atoms with E-state index in [2.05, 4.69) is 38.4 Å². The highest BCUT2D eigenvalue weighted by atomic mass is 79.9. The quantitative estimate of drug-likeness (QED) is 0.916. The van der Waals surface area contributed by atoms with Gasteiger partial charge >= 0.3 is 0 Å². The molecule has 0 spiro atoms. The minimum absolute atomic E-state index is 0.620. The maximum absolute atomic E-state index is 6.07. The highest BCUT2D eigenvalue weighted by molar-refractivity contribution is 9.10. The third-order valence-corrected chi connectivity index (χ3v) is 3.83. The molecule has 1 aromatic heterocycles. The average Bonchev–Trinajstić information content (AvgIpc) is 2.85. The number of hydrogen-bond donors (Lipinski definition) is 1. The Morgan fingerprint density at radius 2 is 2.32 bits per heavy atom. The Labute approximate surface area is 125 Å². The minimum Gasteiger partial charge on any atom is -0.493 e. The molecule has 1 N–H and O–H groups in total. The number of halogens is 2. The summed E-state index contributed by atoms with van der Waals surface area (Å²) in [6, 6.07) is 6.05. The topological polar surface area (TPSA) is 34.2 Å². The number of aromatic nitrogens is 1. The zero-order chi connectivity index (χ0) is 13.2. The molecule has 1 aliphatic rings. The molecule has 2 aromatic rings. The summed E-state index contributed by atoms with van der Waals surface area (Å²) in [7, 11) is 0. The van der Waals surface area contributed by atoms with Gasteiger partial charge in [0.1, 0.15) is 5.75 Å². The predicted octanol–water partition coefficient (Wildman–Crippen LogP) is 4.04. The van der Waals surface area contributed by atoms with Gasteiger partial charge in [-0.25, -0.2) is 0 Å². The Morgan fingerprint density at radius 3 is 3.16 bits per heavy atom. The number of anilines is 1. The molecule has 2 heterocycles. The number of rotatable bonds is 3. The molecule has 0 saturated carbocycles. The van der Waals surface area contributed by atoms with Crippen molar-refractivity contribution in [1.82, 2.24) is 4.98 Å². The van der Waals surface area contributed by atoms with Crippen molar-refractivity contribution in [2.24, 2.45) is 0 Å². The summed E-state index contributed by atoms with van der Waals surface area (Å²) in [5, 5.41) is 3.93. The van der Waals surface area contributed by atoms with E-state index in [1.165, 1.54) is 5.56 Å². The first-order valence-electron chi connectivity index (χ1n) is 6.01. The average molecular weight is 340 g/mol. The largest absolute Gasteiger partial charge is 0.493 e. The maximum Gasteiger partial charge on any atom is 0.127 e. The molecule has 0 radical (unpaired) electrons. The van der Waals surface area contributed by atoms with Gasteiger partial charge in [-0.3, -0.25) is 4.98 Å². The van der Waals surface area contributed by atoms with Crippen LogP contribution in [0.3, 0.4) is 0 Å². The van der Waals surface area contributed by atoms with Crippen LogP contribution in [0.4, 0.5) is 5.69 Å². The summed E-state index contributed by atoms with van der Waals surface area (Å²) >= 11 is 9.61. The van der Waals surface area contributed by atoms with Crippen molar-refractivity contribution in [2.75, 3.05) is 11.9 Å². The van der Waals surface area contributed by atoms with Crippen LogP contribution in [-0.4, -0.2) is 11.6 Å². The minimum atomic E-state index is 0.620. The van der Waals surface area contributed by atoms with Gasteiger partial charge in [0.15, 0.2) is 0 Å². The van der Waals surface area contributed by atoms with Crippen molar-refractivity contribution in [3.8, 4) is 5.75 Å². The van der Waals surface area contributed by atoms with Crippen LogP contribution in [0.5, 0.6) is 5.75 Å². The SMILES string of the molecule is Clc1cnccc1NCc1cc(Br)cc2c1OCC2. The fraction of sp³-hybridized carbons (Fsp3) is 0.214. The first-order chi connectivity index (χ1) is 9.24. The number of nitrogens with one attached hydrogen (secondary N) is 1. The number of nitrogens with zero attached hydrogens (tertiary/aromatic N) is 1. The smallest absolute Gasteiger partial charge is 0.127 e. The van der Waals surface area contributed by atoms with Crippen LogP contribution >= 0.6 is 27.5 Å². The Bertz CT molecular complexity index is 618. The lowest BCUT2D eigenvalue weighted by Crippen LogP contribution is -2.02. The fourth-order valence-electron chi connectivity index (χ4n) is 2.19. The molecule has 3 nitrogen and oxygen atoms in total. The molecule has 3 rings (SSSR count). The standard InChI is InChI=1S/C14H12BrClN2O/c15-11-5-9-2-4-19-14(9)10(6-11)7-18-13-1-3-17-8-12(13)16/h1,3,5-6,8H,2,4,7H2,(H,17,18). The van der Waals surface area contributed by atoms with Crippen molar-refractivity contribution < 1.29 is 4.74 Å². The van der Waals surface area contributed by atoms with Crippen LogP contribution in [0.15, 0.2) is 35.1 Å². The second kappa shape index (κ2) is 5.39. The number of ether oxygens (including phenoxy) is 1. The van der Waals surface area contributed by atoms with Gasteiger partial charge in [-0.05, 0) is 23.8 Å². The van der Waals surface area contributed by atoms with Gasteiger partial charge in [0, 0.05) is 35.4 Å². The van der Waals surface area contributed by atoms with Gasteiger partial charge in [0.25, 0.3) is 0 Å². The third-order valence-electron chi connectivity index (χ3n) is 3.07. The molecule has 0 saturated heterocycles. The van der Waals surface area contributed by atoms with E-state index in [-0.39, 0.29) is 0 Å². The van der Waals surface area contributed by atoms with Crippen molar-refractivity contribution in [3.05, 3.63) is 51.2 Å². The van der Waals surface area contributed by atoms with E-state index >= 15 is 0 Å². The van der Waals surface area contributed by atoms with Crippen LogP contribution in [0.25, 0.3) is 0 Å². The van der Waals surface area contributed by atoms with Crippen molar-refractivity contribution in [3.63, 3.8) is 0 Å². The number of pyridine rings is 1. The van der Waals surface area contributed by atoms with Crippen LogP contribution in [0.2, 0.25) is 5.02 Å². The first kappa shape index (κ1) is 12.8. The molecule has 0 bridgehead atoms. The van der Waals surface area contributed by atoms with Gasteiger partial charge in [-0.2, -0.15) is 0 Å². The number of fused-ring (bicyclic) bond motifs is 1. The van der Waals surface area contributed by atoms with Crippen LogP contribution in [0, 0.1) is 0 Å². The molecule has 98 valence electrons. The summed E-state index contributed by atoms with van der Waals surface area (Å²) in [6.07, 6.45) is 4.32. The summed E-state index contributed by atoms with van der Waals surface area (Å²) in [5.41, 5.74) is 3.27. The fourth-order valence-corrected chi connectivity index (χ4v) is 2.93. The van der Waals surface area contributed by atoms with E-state index in [9.17, 15) is 0 Å². The van der Waals surface area contributed by atoms with E-state index in [4.69, 9.17) is 16.3 Å². The van der Waals surface area contributed by atoms with E-state index < -0.39 is 0 Å². The lowest BCUT2D eigenvalue weighted by atomic mass is 10.1. The Hall–Kier alpha value is -1.26. The van der Waals surface area contributed by atoms with Crippen LogP contribution < -0.4 is 10.1 Å². The van der Waals surface area contributed by atoms with Crippen LogP contribution in [-0.2, 0) is 13.0 Å². The molecule has 0 atom stereocenters. The monoisotopic (exact) mass is 338 g/mol. The molecular weight excluding hydrogens is 328 g/mol. The number of benzene rings is 1. The van der Waals surface area contributed by atoms with Crippen molar-refractivity contribution in [1.29, 1.82) is 0 Å². The normalized spacial score (nSPS) is 12.9. The van der Waals surface area contributed by atoms with E-state index in [1.807, 2.05) is 6.07 Å². The molecular formula is C14H12BrClN2O. The number of hydrogen-bond acceptors (Lipinski definition) is 3. The zero-order valence-corrected chi connectivity index (χ0v) is 12.5. The molecule has 0 amide bonds. The molecule has 1 aliphatic heterocycles. The highest BCUT2D eigenvalue weighted by Gasteiger charge is 2.17. The highest BCUT2D eigenvalue weighted by Crippen LogP contribution is 2.33. The Morgan fingerprint density at radius 1 is 1.42 bits per heavy atom. The first-order valence-corrected chi connectivity index (χ1v) is 7.18. The second-order valence-electron chi connectivity index (χ2n) is 4.36. The van der Waals surface area contributed by atoms with Gasteiger partial charge in [-0.1, -0.05) is 27.5 Å². The molecule has 0 unspecified atom stereocenters. The van der Waals surface area contributed by atoms with E-state index in [0.29, 0.717) is 11.6 Å². The molecule has 0 fully saturated rings. The van der Waals surface area contributed by atoms with Gasteiger partial charge in [0.05, 0.1) is 17.3 Å². The lowest BCUT2D eigenvalue weighted by molar-refractivity contribution is 0.354. The molecule has 1 aromatic carbocycles. The maximum atomic E-state index is 6.07. The predicted molar refractivity (Wildman–Crippen MR) is 79.9 cm³/mol. The zero-order valence-electron chi connectivity index (χ0n) is 10.1. The van der Waals surface area contributed by atoms with Gasteiger partial charge in [0.2, 0.25) is 0 Å². The Kier molecular flexibility index (Phi) is 3.62. The lowest BCUT2D eigenvalue weighted by Gasteiger charge is -2.12. The summed E-state index contributed by atoms with van der Waals surface area (Å²) in [5.74, 6) is 1.00. The van der Waals surface area contributed by atoms with E-state index in [1.54, 1.807) is 12.4 Å². The molecule has 0 aliphatic carbocycles. The summed E-state index contributed by atoms with van der Waals surface area (Å²) in [4.78, 5) is 3.97. The van der Waals surface area contributed by atoms with Gasteiger partial charge in [-0.15, -0.1) is 0 Å². The van der Waals surface area contributed by atoms with Crippen LogP contribution in [0.1, 0.15) is 11.1 Å². The third kappa shape index (κ3) is 2.69. The van der Waals surface area contributed by atoms with E-state index in [0.717, 1.165) is 34.5 Å². The second-order valence-corrected chi connectivity index (χ2v) is 5.68. The van der Waals surface area contributed by atoms with Crippen molar-refractivity contribution in [2.45, 2.75) is 13.0 Å². The van der Waals surface area contributed by atoms with Gasteiger partial charge < -0.3 is 10.1 Å². The van der Waals surface area contributed by atoms with Crippen molar-refractivity contribution >= 4 is 33.2 Å². The Balaban J connectivity index is 1.83. The molecule has 19 heavy (non-hydrogen) atoms. The summed E-state index contributed by atoms with van der Waals surface area (Å²) in [6.45, 7) is 1.43. The summed E-state index contributed by atoms with van der Waals surface area (Å²) < 4.78 is 6.78.